The van der Waals surface area contributed by atoms with Crippen LogP contribution in [0.3, 0.4) is 0 Å². The summed E-state index contributed by atoms with van der Waals surface area (Å²) in [5.74, 6) is 3.96. The molecule has 1 heterocycles. The Hall–Kier alpha value is -0.120. The zero-order valence-corrected chi connectivity index (χ0v) is 21.8. The molecule has 0 N–H and O–H groups in total. The molecule has 190 valence electrons. The first-order chi connectivity index (χ1) is 16.1. The molecular formula is C30H52O3. The molecule has 1 aliphatic heterocycles. The number of fused-ring (bicyclic) bond motifs is 5. The average molecular weight is 461 g/mol. The highest BCUT2D eigenvalue weighted by atomic mass is 16.7. The van der Waals surface area contributed by atoms with Gasteiger partial charge in [-0.3, -0.25) is 0 Å². The minimum Gasteiger partial charge on any atom is -0.378 e. The summed E-state index contributed by atoms with van der Waals surface area (Å²) < 4.78 is 18.2. The Kier molecular flexibility index (Phi) is 8.09. The molecule has 0 spiro atoms. The molecule has 4 saturated carbocycles. The van der Waals surface area contributed by atoms with Gasteiger partial charge in [-0.2, -0.15) is 0 Å². The fourth-order valence-electron chi connectivity index (χ4n) is 9.36. The molecule has 4 aliphatic carbocycles. The van der Waals surface area contributed by atoms with Gasteiger partial charge in [-0.15, -0.1) is 0 Å². The molecule has 0 radical (unpaired) electrons. The van der Waals surface area contributed by atoms with Crippen LogP contribution >= 0.6 is 0 Å². The van der Waals surface area contributed by atoms with E-state index in [1.165, 1.54) is 96.3 Å². The fourth-order valence-corrected chi connectivity index (χ4v) is 9.36. The first-order valence-corrected chi connectivity index (χ1v) is 15.0. The van der Waals surface area contributed by atoms with Crippen molar-refractivity contribution in [1.29, 1.82) is 0 Å². The Labute approximate surface area is 204 Å². The monoisotopic (exact) mass is 460 g/mol. The van der Waals surface area contributed by atoms with Crippen LogP contribution < -0.4 is 0 Å². The maximum absolute atomic E-state index is 6.64. The summed E-state index contributed by atoms with van der Waals surface area (Å²) in [4.78, 5) is 0. The van der Waals surface area contributed by atoms with E-state index in [1.54, 1.807) is 0 Å². The van der Waals surface area contributed by atoms with Gasteiger partial charge in [0.2, 0.25) is 0 Å². The molecule has 8 atom stereocenters. The van der Waals surface area contributed by atoms with E-state index < -0.39 is 0 Å². The van der Waals surface area contributed by atoms with Crippen LogP contribution in [0, 0.1) is 34.5 Å². The second-order valence-electron chi connectivity index (χ2n) is 13.0. The molecule has 3 heteroatoms. The summed E-state index contributed by atoms with van der Waals surface area (Å²) in [6.07, 6.45) is 23.7. The van der Waals surface area contributed by atoms with E-state index in [4.69, 9.17) is 14.2 Å². The number of ether oxygens (including phenoxy) is 3. The zero-order chi connectivity index (χ0) is 22.7. The third-order valence-corrected chi connectivity index (χ3v) is 11.3. The molecule has 0 aromatic rings. The van der Waals surface area contributed by atoms with Gasteiger partial charge in [-0.25, -0.2) is 0 Å². The number of hydrogen-bond acceptors (Lipinski definition) is 3. The number of rotatable bonds is 9. The summed E-state index contributed by atoms with van der Waals surface area (Å²) >= 11 is 0. The van der Waals surface area contributed by atoms with Crippen molar-refractivity contribution in [3.63, 3.8) is 0 Å². The molecule has 1 saturated heterocycles. The van der Waals surface area contributed by atoms with Crippen molar-refractivity contribution >= 4 is 0 Å². The molecule has 0 aromatic carbocycles. The summed E-state index contributed by atoms with van der Waals surface area (Å²) in [5, 5.41) is 0. The first-order valence-electron chi connectivity index (χ1n) is 15.0. The van der Waals surface area contributed by atoms with E-state index in [-0.39, 0.29) is 6.29 Å². The van der Waals surface area contributed by atoms with Crippen molar-refractivity contribution in [2.45, 2.75) is 135 Å². The van der Waals surface area contributed by atoms with Gasteiger partial charge in [0.1, 0.15) is 0 Å². The topological polar surface area (TPSA) is 27.7 Å². The van der Waals surface area contributed by atoms with Crippen LogP contribution in [-0.2, 0) is 14.2 Å². The van der Waals surface area contributed by atoms with Crippen LogP contribution in [0.25, 0.3) is 0 Å². The zero-order valence-electron chi connectivity index (χ0n) is 21.8. The van der Waals surface area contributed by atoms with Gasteiger partial charge in [0, 0.05) is 19.8 Å². The van der Waals surface area contributed by atoms with Crippen LogP contribution in [-0.4, -0.2) is 32.2 Å². The largest absolute Gasteiger partial charge is 0.378 e. The van der Waals surface area contributed by atoms with Gasteiger partial charge in [-0.05, 0) is 118 Å². The minimum atomic E-state index is 0.0731. The Morgan fingerprint density at radius 1 is 0.667 bits per heavy atom. The van der Waals surface area contributed by atoms with Crippen LogP contribution in [0.2, 0.25) is 0 Å². The summed E-state index contributed by atoms with van der Waals surface area (Å²) in [7, 11) is 0. The molecule has 0 aromatic heterocycles. The third kappa shape index (κ3) is 5.08. The molecule has 2 unspecified atom stereocenters. The van der Waals surface area contributed by atoms with Gasteiger partial charge >= 0.3 is 0 Å². The molecule has 5 rings (SSSR count). The first kappa shape index (κ1) is 24.6. The van der Waals surface area contributed by atoms with Crippen LogP contribution in [0.5, 0.6) is 0 Å². The van der Waals surface area contributed by atoms with Crippen molar-refractivity contribution < 1.29 is 14.2 Å². The van der Waals surface area contributed by atoms with Gasteiger partial charge in [-0.1, -0.05) is 39.5 Å². The van der Waals surface area contributed by atoms with Gasteiger partial charge in [0.25, 0.3) is 0 Å². The Morgan fingerprint density at radius 3 is 2.27 bits per heavy atom. The van der Waals surface area contributed by atoms with Crippen LogP contribution in [0.15, 0.2) is 0 Å². The summed E-state index contributed by atoms with van der Waals surface area (Å²) in [6.45, 7) is 8.02. The van der Waals surface area contributed by atoms with E-state index in [2.05, 4.69) is 13.8 Å². The van der Waals surface area contributed by atoms with Crippen LogP contribution in [0.4, 0.5) is 0 Å². The second-order valence-corrected chi connectivity index (χ2v) is 13.0. The fraction of sp³-hybridized carbons (Fsp3) is 1.00. The third-order valence-electron chi connectivity index (χ3n) is 11.3. The van der Waals surface area contributed by atoms with E-state index in [1.807, 2.05) is 0 Å². The van der Waals surface area contributed by atoms with Gasteiger partial charge < -0.3 is 14.2 Å². The maximum Gasteiger partial charge on any atom is 0.157 e. The minimum absolute atomic E-state index is 0.0731. The second kappa shape index (κ2) is 10.9. The standard InChI is InChI=1S/C30H52O3/c1-29-18-7-5-11-23(29)13-14-24-25-15-16-27(30(25,2)19-17-26(24)29)31-20-8-3-4-9-21-32-28-12-6-10-22-33-28/h23-28H,3-22H2,1-2H3/t23-,24+,25?,26+,27+,28?,29+,30+/m1/s1. The van der Waals surface area contributed by atoms with E-state index in [0.29, 0.717) is 16.9 Å². The molecule has 5 aliphatic rings. The molecule has 33 heavy (non-hydrogen) atoms. The Bertz CT molecular complexity index is 616. The van der Waals surface area contributed by atoms with Crippen molar-refractivity contribution in [3.05, 3.63) is 0 Å². The molecular weight excluding hydrogens is 408 g/mol. The lowest BCUT2D eigenvalue weighted by molar-refractivity contribution is -0.162. The molecule has 3 nitrogen and oxygen atoms in total. The predicted octanol–water partition coefficient (Wildman–Crippen LogP) is 7.91. The molecule has 0 amide bonds. The van der Waals surface area contributed by atoms with E-state index in [0.717, 1.165) is 56.3 Å². The lowest BCUT2D eigenvalue weighted by atomic mass is 9.45. The highest BCUT2D eigenvalue weighted by Gasteiger charge is 2.59. The van der Waals surface area contributed by atoms with Crippen molar-refractivity contribution in [1.82, 2.24) is 0 Å². The van der Waals surface area contributed by atoms with Gasteiger partial charge in [0.05, 0.1) is 6.10 Å². The highest BCUT2D eigenvalue weighted by Crippen LogP contribution is 2.66. The Morgan fingerprint density at radius 2 is 1.45 bits per heavy atom. The Balaban J connectivity index is 1.03. The highest BCUT2D eigenvalue weighted by molar-refractivity contribution is 5.09. The smallest absolute Gasteiger partial charge is 0.157 e. The predicted molar refractivity (Wildman–Crippen MR) is 134 cm³/mol. The SMILES string of the molecule is C[C@]12CCCC[C@@H]1CC[C@H]1C3CC[C@H](OCCCCCCOC4CCCCO4)[C@@]3(C)CC[C@@H]12. The number of unbranched alkanes of at least 4 members (excludes halogenated alkanes) is 3. The lowest BCUT2D eigenvalue weighted by Gasteiger charge is -2.60. The lowest BCUT2D eigenvalue weighted by Crippen LogP contribution is -2.53. The van der Waals surface area contributed by atoms with Crippen molar-refractivity contribution in [2.24, 2.45) is 34.5 Å². The van der Waals surface area contributed by atoms with Crippen LogP contribution in [0.1, 0.15) is 123 Å². The quantitative estimate of drug-likeness (QED) is 0.327. The number of hydrogen-bond donors (Lipinski definition) is 0. The van der Waals surface area contributed by atoms with E-state index >= 15 is 0 Å². The molecule has 5 fully saturated rings. The van der Waals surface area contributed by atoms with Crippen molar-refractivity contribution in [2.75, 3.05) is 19.8 Å². The summed E-state index contributed by atoms with van der Waals surface area (Å²) in [6, 6.07) is 0. The molecule has 0 bridgehead atoms. The normalized spacial score (nSPS) is 45.3. The van der Waals surface area contributed by atoms with Crippen molar-refractivity contribution in [3.8, 4) is 0 Å². The van der Waals surface area contributed by atoms with Gasteiger partial charge in [0.15, 0.2) is 6.29 Å². The maximum atomic E-state index is 6.64. The average Bonchev–Trinajstić information content (AvgIpc) is 3.17. The summed E-state index contributed by atoms with van der Waals surface area (Å²) in [5.41, 5.74) is 1.11. The van der Waals surface area contributed by atoms with E-state index in [9.17, 15) is 0 Å².